The molecule has 4 nitrogen and oxygen atoms in total. The normalized spacial score (nSPS) is 18.4. The van der Waals surface area contributed by atoms with Gasteiger partial charge in [-0.2, -0.15) is 0 Å². The van der Waals surface area contributed by atoms with E-state index in [1.54, 1.807) is 0 Å². The summed E-state index contributed by atoms with van der Waals surface area (Å²) in [5.74, 6) is 0. The summed E-state index contributed by atoms with van der Waals surface area (Å²) in [4.78, 5) is 15.6. The van der Waals surface area contributed by atoms with Crippen molar-refractivity contribution in [1.82, 2.24) is 4.90 Å². The number of halogens is 1. The van der Waals surface area contributed by atoms with E-state index < -0.39 is 0 Å². The maximum atomic E-state index is 10.7. The fourth-order valence-electron chi connectivity index (χ4n) is 3.95. The molecule has 1 saturated heterocycles. The van der Waals surface area contributed by atoms with E-state index >= 15 is 0 Å². The van der Waals surface area contributed by atoms with Gasteiger partial charge in [0.1, 0.15) is 0 Å². The van der Waals surface area contributed by atoms with E-state index in [1.807, 2.05) is 42.7 Å². The molecule has 1 radical (unpaired) electrons. The van der Waals surface area contributed by atoms with Gasteiger partial charge in [-0.15, -0.1) is 0 Å². The Morgan fingerprint density at radius 2 is 1.68 bits per heavy atom. The Morgan fingerprint density at radius 1 is 0.964 bits per heavy atom. The van der Waals surface area contributed by atoms with E-state index in [4.69, 9.17) is 16.3 Å². The van der Waals surface area contributed by atoms with E-state index in [-0.39, 0.29) is 0 Å². The standard InChI is InChI=1S/C23H24ClN2O2/c24-21-5-3-19(4-6-21)23-9-14-28-17-20(23)15-25-10-12-26(13-11-25)22-7-1-18(16-27)2-8-22/h1-8H,9-15,17H2. The molecule has 1 fully saturated rings. The van der Waals surface area contributed by atoms with E-state index in [0.717, 1.165) is 50.8 Å². The van der Waals surface area contributed by atoms with Crippen LogP contribution in [0.1, 0.15) is 17.5 Å². The van der Waals surface area contributed by atoms with Gasteiger partial charge < -0.3 is 9.64 Å². The van der Waals surface area contributed by atoms with Crippen LogP contribution in [0.2, 0.25) is 5.02 Å². The molecule has 0 unspecified atom stereocenters. The van der Waals surface area contributed by atoms with Crippen LogP contribution in [0.15, 0.2) is 54.1 Å². The van der Waals surface area contributed by atoms with E-state index in [2.05, 4.69) is 21.9 Å². The number of carbonyl (C=O) groups excluding carboxylic acids is 1. The number of piperazine rings is 1. The Hall–Kier alpha value is -2.14. The van der Waals surface area contributed by atoms with Crippen molar-refractivity contribution >= 4 is 29.1 Å². The highest BCUT2D eigenvalue weighted by Gasteiger charge is 2.21. The molecule has 0 aliphatic carbocycles. The largest absolute Gasteiger partial charge is 0.377 e. The maximum absolute atomic E-state index is 10.7. The lowest BCUT2D eigenvalue weighted by molar-refractivity contribution is 0.144. The zero-order valence-corrected chi connectivity index (χ0v) is 16.6. The summed E-state index contributed by atoms with van der Waals surface area (Å²) in [6, 6.07) is 15.8. The highest BCUT2D eigenvalue weighted by Crippen LogP contribution is 2.28. The Bertz CT molecular complexity index is 838. The smallest absolute Gasteiger partial charge is 0.233 e. The summed E-state index contributed by atoms with van der Waals surface area (Å²) in [6.45, 7) is 6.43. The van der Waals surface area contributed by atoms with E-state index in [9.17, 15) is 4.79 Å². The molecule has 0 spiro atoms. The summed E-state index contributed by atoms with van der Waals surface area (Å²) >= 11 is 6.05. The van der Waals surface area contributed by atoms with Gasteiger partial charge in [-0.05, 0) is 59.5 Å². The molecule has 2 aromatic carbocycles. The van der Waals surface area contributed by atoms with Crippen molar-refractivity contribution in [3.8, 4) is 0 Å². The molecule has 2 aromatic rings. The molecule has 0 bridgehead atoms. The van der Waals surface area contributed by atoms with Crippen LogP contribution in [-0.4, -0.2) is 57.1 Å². The lowest BCUT2D eigenvalue weighted by Crippen LogP contribution is -2.47. The zero-order valence-electron chi connectivity index (χ0n) is 15.9. The minimum absolute atomic E-state index is 0.598. The number of rotatable bonds is 5. The first-order valence-electron chi connectivity index (χ1n) is 9.73. The van der Waals surface area contributed by atoms with Crippen LogP contribution >= 0.6 is 11.6 Å². The first-order valence-corrected chi connectivity index (χ1v) is 10.1. The molecule has 4 rings (SSSR count). The third-order valence-electron chi connectivity index (χ3n) is 5.53. The molecule has 145 valence electrons. The number of nitrogens with zero attached hydrogens (tertiary/aromatic N) is 2. The van der Waals surface area contributed by atoms with E-state index in [0.29, 0.717) is 12.2 Å². The minimum Gasteiger partial charge on any atom is -0.377 e. The van der Waals surface area contributed by atoms with Crippen molar-refractivity contribution in [2.24, 2.45) is 0 Å². The quantitative estimate of drug-likeness (QED) is 0.771. The summed E-state index contributed by atoms with van der Waals surface area (Å²) in [5.41, 5.74) is 5.81. The number of hydrogen-bond donors (Lipinski definition) is 0. The third kappa shape index (κ3) is 4.46. The van der Waals surface area contributed by atoms with Gasteiger partial charge in [0.05, 0.1) is 13.2 Å². The van der Waals surface area contributed by atoms with Crippen molar-refractivity contribution in [2.75, 3.05) is 50.8 Å². The highest BCUT2D eigenvalue weighted by molar-refractivity contribution is 6.30. The van der Waals surface area contributed by atoms with Crippen molar-refractivity contribution in [2.45, 2.75) is 6.42 Å². The molecular weight excluding hydrogens is 372 g/mol. The fourth-order valence-corrected chi connectivity index (χ4v) is 4.07. The molecule has 0 amide bonds. The van der Waals surface area contributed by atoms with Crippen molar-refractivity contribution in [3.05, 3.63) is 70.3 Å². The van der Waals surface area contributed by atoms with Crippen molar-refractivity contribution < 1.29 is 9.53 Å². The Kier molecular flexibility index (Phi) is 6.10. The molecular formula is C23H24ClN2O2. The first-order chi connectivity index (χ1) is 13.7. The topological polar surface area (TPSA) is 32.8 Å². The summed E-state index contributed by atoms with van der Waals surface area (Å²) in [7, 11) is 0. The lowest BCUT2D eigenvalue weighted by Gasteiger charge is -2.37. The van der Waals surface area contributed by atoms with Gasteiger partial charge >= 0.3 is 0 Å². The molecule has 2 heterocycles. The SMILES string of the molecule is O=[C]c1ccc(N2CCN(CC3=C(c4ccc(Cl)cc4)CCOC3)CC2)cc1. The molecule has 2 aliphatic heterocycles. The Balaban J connectivity index is 1.41. The number of ether oxygens (including phenoxy) is 1. The number of hydrogen-bond acceptors (Lipinski definition) is 4. The molecule has 5 heteroatoms. The third-order valence-corrected chi connectivity index (χ3v) is 5.78. The number of anilines is 1. The van der Waals surface area contributed by atoms with Gasteiger partial charge in [-0.1, -0.05) is 23.7 Å². The summed E-state index contributed by atoms with van der Waals surface area (Å²) in [5, 5.41) is 0.771. The molecule has 28 heavy (non-hydrogen) atoms. The second-order valence-electron chi connectivity index (χ2n) is 7.30. The van der Waals surface area contributed by atoms with Crippen molar-refractivity contribution in [1.29, 1.82) is 0 Å². The van der Waals surface area contributed by atoms with Crippen LogP contribution in [0.3, 0.4) is 0 Å². The second-order valence-corrected chi connectivity index (χ2v) is 7.74. The van der Waals surface area contributed by atoms with Gasteiger partial charge in [0, 0.05) is 49.0 Å². The average molecular weight is 396 g/mol. The predicted molar refractivity (Wildman–Crippen MR) is 114 cm³/mol. The molecule has 0 aromatic heterocycles. The molecule has 0 saturated carbocycles. The molecule has 0 atom stereocenters. The summed E-state index contributed by atoms with van der Waals surface area (Å²) in [6.07, 6.45) is 2.88. The van der Waals surface area contributed by atoms with Crippen LogP contribution in [0, 0.1) is 0 Å². The van der Waals surface area contributed by atoms with Gasteiger partial charge in [-0.25, -0.2) is 0 Å². The maximum Gasteiger partial charge on any atom is 0.233 e. The van der Waals surface area contributed by atoms with E-state index in [1.165, 1.54) is 22.4 Å². The monoisotopic (exact) mass is 395 g/mol. The highest BCUT2D eigenvalue weighted by atomic mass is 35.5. The van der Waals surface area contributed by atoms with Crippen LogP contribution < -0.4 is 4.90 Å². The van der Waals surface area contributed by atoms with Crippen LogP contribution in [0.4, 0.5) is 5.69 Å². The first kappa shape index (κ1) is 19.2. The van der Waals surface area contributed by atoms with Crippen molar-refractivity contribution in [3.63, 3.8) is 0 Å². The fraction of sp³-hybridized carbons (Fsp3) is 0.348. The zero-order chi connectivity index (χ0) is 19.3. The second kappa shape index (κ2) is 8.91. The Morgan fingerprint density at radius 3 is 2.36 bits per heavy atom. The van der Waals surface area contributed by atoms with Gasteiger partial charge in [0.2, 0.25) is 6.29 Å². The average Bonchev–Trinajstić information content (AvgIpc) is 2.75. The summed E-state index contributed by atoms with van der Waals surface area (Å²) < 4.78 is 5.76. The predicted octanol–water partition coefficient (Wildman–Crippen LogP) is 3.79. The van der Waals surface area contributed by atoms with Gasteiger partial charge in [-0.3, -0.25) is 9.69 Å². The molecule has 0 N–H and O–H groups in total. The van der Waals surface area contributed by atoms with Gasteiger partial charge in [0.25, 0.3) is 0 Å². The molecule has 2 aliphatic rings. The lowest BCUT2D eigenvalue weighted by atomic mass is 9.95. The van der Waals surface area contributed by atoms with Gasteiger partial charge in [0.15, 0.2) is 0 Å². The number of benzene rings is 2. The van der Waals surface area contributed by atoms with Crippen LogP contribution in [0.25, 0.3) is 5.57 Å². The van der Waals surface area contributed by atoms with Crippen LogP contribution in [0.5, 0.6) is 0 Å². The van der Waals surface area contributed by atoms with Crippen LogP contribution in [-0.2, 0) is 9.53 Å². The minimum atomic E-state index is 0.598. The Labute approximate surface area is 171 Å².